The van der Waals surface area contributed by atoms with Crippen molar-refractivity contribution >= 4 is 5.91 Å². The van der Waals surface area contributed by atoms with Crippen LogP contribution in [-0.2, 0) is 0 Å². The van der Waals surface area contributed by atoms with Crippen LogP contribution >= 0.6 is 0 Å². The van der Waals surface area contributed by atoms with E-state index in [-0.39, 0.29) is 17.6 Å². The molecule has 0 spiro atoms. The summed E-state index contributed by atoms with van der Waals surface area (Å²) in [5.74, 6) is -0.607. The van der Waals surface area contributed by atoms with E-state index in [0.717, 1.165) is 24.8 Å². The molecular weight excluding hydrogens is 296 g/mol. The molecule has 4 heteroatoms. The lowest BCUT2D eigenvalue weighted by Crippen LogP contribution is -2.34. The van der Waals surface area contributed by atoms with Gasteiger partial charge >= 0.3 is 0 Å². The van der Waals surface area contributed by atoms with Crippen LogP contribution in [0.25, 0.3) is 0 Å². The van der Waals surface area contributed by atoms with Gasteiger partial charge in [-0.2, -0.15) is 0 Å². The first-order chi connectivity index (χ1) is 11.1. The molecule has 0 bridgehead atoms. The number of hydrogen-bond acceptors (Lipinski definition) is 1. The highest BCUT2D eigenvalue weighted by atomic mass is 19.1. The zero-order valence-electron chi connectivity index (χ0n) is 12.8. The molecule has 1 unspecified atom stereocenters. The predicted molar refractivity (Wildman–Crippen MR) is 85.3 cm³/mol. The predicted octanol–water partition coefficient (Wildman–Crippen LogP) is 4.37. The van der Waals surface area contributed by atoms with Crippen LogP contribution in [0.1, 0.15) is 41.1 Å². The Kier molecular flexibility index (Phi) is 4.70. The van der Waals surface area contributed by atoms with Crippen LogP contribution in [-0.4, -0.2) is 23.9 Å². The molecule has 1 fully saturated rings. The van der Waals surface area contributed by atoms with Crippen LogP contribution in [0.15, 0.2) is 48.5 Å². The highest BCUT2D eigenvalue weighted by Crippen LogP contribution is 2.27. The van der Waals surface area contributed by atoms with Gasteiger partial charge in [-0.3, -0.25) is 4.79 Å². The molecule has 1 heterocycles. The van der Waals surface area contributed by atoms with E-state index in [2.05, 4.69) is 0 Å². The second-order valence-electron chi connectivity index (χ2n) is 6.01. The Morgan fingerprint density at radius 2 is 1.78 bits per heavy atom. The van der Waals surface area contributed by atoms with Crippen molar-refractivity contribution in [1.29, 1.82) is 0 Å². The summed E-state index contributed by atoms with van der Waals surface area (Å²) in [6, 6.07) is 12.3. The largest absolute Gasteiger partial charge is 0.338 e. The van der Waals surface area contributed by atoms with Crippen LogP contribution in [0, 0.1) is 11.6 Å². The standard InChI is InChI=1S/C19H19F2NO/c20-17-9-7-14(8-10-17)16-4-1-2-11-22(13-16)19(23)15-5-3-6-18(21)12-15/h3,5-10,12,16H,1-2,4,11,13H2. The number of halogens is 2. The molecule has 0 N–H and O–H groups in total. The highest BCUT2D eigenvalue weighted by Gasteiger charge is 2.24. The minimum Gasteiger partial charge on any atom is -0.338 e. The Bertz CT molecular complexity index is 684. The van der Waals surface area contributed by atoms with Gasteiger partial charge in [0, 0.05) is 24.6 Å². The van der Waals surface area contributed by atoms with E-state index in [1.807, 2.05) is 0 Å². The quantitative estimate of drug-likeness (QED) is 0.805. The Morgan fingerprint density at radius 3 is 2.52 bits per heavy atom. The summed E-state index contributed by atoms with van der Waals surface area (Å²) in [7, 11) is 0. The van der Waals surface area contributed by atoms with Crippen LogP contribution in [0.4, 0.5) is 8.78 Å². The lowest BCUT2D eigenvalue weighted by molar-refractivity contribution is 0.0754. The summed E-state index contributed by atoms with van der Waals surface area (Å²) in [5.41, 5.74) is 1.43. The molecule has 2 aromatic carbocycles. The number of likely N-dealkylation sites (tertiary alicyclic amines) is 1. The lowest BCUT2D eigenvalue weighted by Gasteiger charge is -2.25. The topological polar surface area (TPSA) is 20.3 Å². The Balaban J connectivity index is 1.79. The van der Waals surface area contributed by atoms with Crippen LogP contribution < -0.4 is 0 Å². The van der Waals surface area contributed by atoms with Crippen LogP contribution in [0.3, 0.4) is 0 Å². The molecule has 0 aromatic heterocycles. The summed E-state index contributed by atoms with van der Waals surface area (Å²) in [4.78, 5) is 14.4. The molecule has 3 rings (SSSR count). The van der Waals surface area contributed by atoms with E-state index in [0.29, 0.717) is 18.7 Å². The fourth-order valence-electron chi connectivity index (χ4n) is 3.14. The van der Waals surface area contributed by atoms with E-state index >= 15 is 0 Å². The molecule has 0 radical (unpaired) electrons. The Hall–Kier alpha value is -2.23. The summed E-state index contributed by atoms with van der Waals surface area (Å²) in [5, 5.41) is 0. The van der Waals surface area contributed by atoms with Crippen molar-refractivity contribution in [3.8, 4) is 0 Å². The summed E-state index contributed by atoms with van der Waals surface area (Å²) >= 11 is 0. The summed E-state index contributed by atoms with van der Waals surface area (Å²) in [6.07, 6.45) is 2.92. The van der Waals surface area contributed by atoms with Crippen molar-refractivity contribution in [1.82, 2.24) is 4.90 Å². The van der Waals surface area contributed by atoms with Gasteiger partial charge < -0.3 is 4.90 Å². The van der Waals surface area contributed by atoms with Gasteiger partial charge in [0.15, 0.2) is 0 Å². The van der Waals surface area contributed by atoms with Crippen LogP contribution in [0.2, 0.25) is 0 Å². The fraction of sp³-hybridized carbons (Fsp3) is 0.316. The van der Waals surface area contributed by atoms with Gasteiger partial charge in [0.25, 0.3) is 5.91 Å². The first-order valence-electron chi connectivity index (χ1n) is 7.94. The van der Waals surface area contributed by atoms with Crippen molar-refractivity contribution in [3.63, 3.8) is 0 Å². The number of rotatable bonds is 2. The molecule has 120 valence electrons. The number of carbonyl (C=O) groups is 1. The third-order valence-corrected chi connectivity index (χ3v) is 4.37. The molecule has 1 aliphatic rings. The molecule has 2 nitrogen and oxygen atoms in total. The molecule has 1 atom stereocenters. The van der Waals surface area contributed by atoms with Gasteiger partial charge in [0.1, 0.15) is 11.6 Å². The average Bonchev–Trinajstić information content (AvgIpc) is 2.81. The van der Waals surface area contributed by atoms with E-state index < -0.39 is 5.82 Å². The second kappa shape index (κ2) is 6.90. The van der Waals surface area contributed by atoms with E-state index in [1.54, 1.807) is 29.2 Å². The van der Waals surface area contributed by atoms with Crippen molar-refractivity contribution < 1.29 is 13.6 Å². The van der Waals surface area contributed by atoms with Gasteiger partial charge in [-0.1, -0.05) is 24.6 Å². The first kappa shape index (κ1) is 15.7. The van der Waals surface area contributed by atoms with Crippen molar-refractivity contribution in [2.45, 2.75) is 25.2 Å². The molecule has 1 saturated heterocycles. The third kappa shape index (κ3) is 3.76. The second-order valence-corrected chi connectivity index (χ2v) is 6.01. The first-order valence-corrected chi connectivity index (χ1v) is 7.94. The van der Waals surface area contributed by atoms with Gasteiger partial charge in [0.05, 0.1) is 0 Å². The summed E-state index contributed by atoms with van der Waals surface area (Å²) in [6.45, 7) is 1.26. The van der Waals surface area contributed by atoms with E-state index in [1.165, 1.54) is 24.3 Å². The van der Waals surface area contributed by atoms with E-state index in [9.17, 15) is 13.6 Å². The number of carbonyl (C=O) groups excluding carboxylic acids is 1. The lowest BCUT2D eigenvalue weighted by atomic mass is 9.94. The minimum absolute atomic E-state index is 0.140. The van der Waals surface area contributed by atoms with Gasteiger partial charge in [0.2, 0.25) is 0 Å². The molecular formula is C19H19F2NO. The number of nitrogens with zero attached hydrogens (tertiary/aromatic N) is 1. The van der Waals surface area contributed by atoms with Crippen molar-refractivity contribution in [2.24, 2.45) is 0 Å². The minimum atomic E-state index is -0.402. The maximum Gasteiger partial charge on any atom is 0.253 e. The molecule has 23 heavy (non-hydrogen) atoms. The monoisotopic (exact) mass is 315 g/mol. The fourth-order valence-corrected chi connectivity index (χ4v) is 3.14. The zero-order chi connectivity index (χ0) is 16.2. The van der Waals surface area contributed by atoms with Crippen molar-refractivity contribution in [3.05, 3.63) is 71.3 Å². The maximum atomic E-state index is 13.3. The van der Waals surface area contributed by atoms with E-state index in [4.69, 9.17) is 0 Å². The maximum absolute atomic E-state index is 13.3. The number of amides is 1. The summed E-state index contributed by atoms with van der Waals surface area (Å²) < 4.78 is 26.4. The average molecular weight is 315 g/mol. The third-order valence-electron chi connectivity index (χ3n) is 4.37. The smallest absolute Gasteiger partial charge is 0.253 e. The molecule has 1 aliphatic heterocycles. The zero-order valence-corrected chi connectivity index (χ0v) is 12.8. The number of hydrogen-bond donors (Lipinski definition) is 0. The highest BCUT2D eigenvalue weighted by molar-refractivity contribution is 5.94. The number of benzene rings is 2. The molecule has 0 saturated carbocycles. The van der Waals surface area contributed by atoms with Crippen LogP contribution in [0.5, 0.6) is 0 Å². The van der Waals surface area contributed by atoms with Gasteiger partial charge in [-0.05, 0) is 48.7 Å². The normalized spacial score (nSPS) is 18.5. The Labute approximate surface area is 134 Å². The Morgan fingerprint density at radius 1 is 1.00 bits per heavy atom. The molecule has 0 aliphatic carbocycles. The van der Waals surface area contributed by atoms with Gasteiger partial charge in [-0.15, -0.1) is 0 Å². The molecule has 2 aromatic rings. The van der Waals surface area contributed by atoms with Gasteiger partial charge in [-0.25, -0.2) is 8.78 Å². The molecule has 1 amide bonds. The SMILES string of the molecule is O=C(c1cccc(F)c1)N1CCCCC(c2ccc(F)cc2)C1. The van der Waals surface area contributed by atoms with Crippen molar-refractivity contribution in [2.75, 3.05) is 13.1 Å².